The van der Waals surface area contributed by atoms with Crippen molar-refractivity contribution in [2.45, 2.75) is 76.2 Å². The summed E-state index contributed by atoms with van der Waals surface area (Å²) in [5, 5.41) is 1.71. The number of amides is 2. The summed E-state index contributed by atoms with van der Waals surface area (Å²) in [6, 6.07) is 0. The molecule has 2 aliphatic rings. The van der Waals surface area contributed by atoms with E-state index in [0.29, 0.717) is 12.8 Å². The van der Waals surface area contributed by atoms with Gasteiger partial charge in [-0.05, 0) is 53.4 Å². The molecular weight excluding hydrogens is 384 g/mol. The standard InChI is InChI=1S/C19H28N2O6S/c1-13-6-8-14(9-7-13)28(25,26)21-16(23)12-15(22)19(10-5-11-19)20-17(24)27-18(2,3)4/h6-8,14H,5,9-12H2,1-4H3,(H,20,24)(H,21,23). The lowest BCUT2D eigenvalue weighted by Crippen LogP contribution is -2.60. The Hall–Kier alpha value is -2.16. The fraction of sp³-hybridized carbons (Fsp3) is 0.632. The Morgan fingerprint density at radius 2 is 1.89 bits per heavy atom. The molecular formula is C19H28N2O6S. The number of allylic oxidation sites excluding steroid dienone is 3. The minimum absolute atomic E-state index is 0.267. The van der Waals surface area contributed by atoms with E-state index < -0.39 is 50.6 Å². The van der Waals surface area contributed by atoms with Crippen LogP contribution in [0.3, 0.4) is 0 Å². The number of carbonyl (C=O) groups is 3. The third-order valence-electron chi connectivity index (χ3n) is 4.70. The van der Waals surface area contributed by atoms with Crippen LogP contribution in [0.2, 0.25) is 0 Å². The quantitative estimate of drug-likeness (QED) is 0.645. The SMILES string of the molecule is CC1=CCC(S(=O)(=O)NC(=O)CC(=O)C2(NC(=O)OC(C)(C)C)CCC2)C=C1. The molecule has 2 N–H and O–H groups in total. The first kappa shape index (κ1) is 22.1. The fourth-order valence-electron chi connectivity index (χ4n) is 3.03. The van der Waals surface area contributed by atoms with Crippen LogP contribution in [0.1, 0.15) is 59.8 Å². The van der Waals surface area contributed by atoms with E-state index in [1.165, 1.54) is 6.08 Å². The van der Waals surface area contributed by atoms with Gasteiger partial charge in [0.15, 0.2) is 5.78 Å². The lowest BCUT2D eigenvalue weighted by atomic mass is 9.73. The topological polar surface area (TPSA) is 119 Å². The van der Waals surface area contributed by atoms with E-state index >= 15 is 0 Å². The van der Waals surface area contributed by atoms with Crippen LogP contribution in [0.4, 0.5) is 4.79 Å². The summed E-state index contributed by atoms with van der Waals surface area (Å²) >= 11 is 0. The Morgan fingerprint density at radius 3 is 2.36 bits per heavy atom. The zero-order valence-electron chi connectivity index (χ0n) is 16.7. The number of hydrogen-bond donors (Lipinski definition) is 2. The molecule has 1 saturated carbocycles. The lowest BCUT2D eigenvalue weighted by molar-refractivity contribution is -0.133. The zero-order valence-corrected chi connectivity index (χ0v) is 17.5. The van der Waals surface area contributed by atoms with Crippen LogP contribution in [0.5, 0.6) is 0 Å². The average Bonchev–Trinajstić information content (AvgIpc) is 2.48. The normalized spacial score (nSPS) is 21.1. The maximum atomic E-state index is 12.6. The lowest BCUT2D eigenvalue weighted by Gasteiger charge is -2.41. The number of alkyl carbamates (subject to hydrolysis) is 1. The van der Waals surface area contributed by atoms with Crippen molar-refractivity contribution in [3.05, 3.63) is 23.8 Å². The minimum atomic E-state index is -3.93. The van der Waals surface area contributed by atoms with Crippen molar-refractivity contribution < 1.29 is 27.5 Å². The first-order chi connectivity index (χ1) is 12.8. The molecule has 2 rings (SSSR count). The largest absolute Gasteiger partial charge is 0.444 e. The molecule has 0 saturated heterocycles. The fourth-order valence-corrected chi connectivity index (χ4v) is 4.20. The molecule has 156 valence electrons. The van der Waals surface area contributed by atoms with Gasteiger partial charge < -0.3 is 10.1 Å². The summed E-state index contributed by atoms with van der Waals surface area (Å²) in [4.78, 5) is 36.8. The van der Waals surface area contributed by atoms with Gasteiger partial charge in [-0.3, -0.25) is 14.3 Å². The molecule has 1 fully saturated rings. The van der Waals surface area contributed by atoms with E-state index in [1.54, 1.807) is 32.9 Å². The van der Waals surface area contributed by atoms with Gasteiger partial charge in [-0.25, -0.2) is 13.2 Å². The molecule has 0 aromatic rings. The van der Waals surface area contributed by atoms with Gasteiger partial charge in [-0.2, -0.15) is 0 Å². The first-order valence-electron chi connectivity index (χ1n) is 9.27. The van der Waals surface area contributed by atoms with E-state index in [4.69, 9.17) is 4.74 Å². The zero-order chi connectivity index (χ0) is 21.2. The van der Waals surface area contributed by atoms with Gasteiger partial charge in [-0.1, -0.05) is 23.8 Å². The van der Waals surface area contributed by atoms with Crippen LogP contribution >= 0.6 is 0 Å². The maximum Gasteiger partial charge on any atom is 0.408 e. The van der Waals surface area contributed by atoms with Gasteiger partial charge in [0, 0.05) is 0 Å². The van der Waals surface area contributed by atoms with Crippen molar-refractivity contribution >= 4 is 27.8 Å². The average molecular weight is 413 g/mol. The maximum absolute atomic E-state index is 12.6. The molecule has 9 heteroatoms. The third-order valence-corrected chi connectivity index (χ3v) is 6.36. The molecule has 0 aromatic carbocycles. The number of rotatable bonds is 6. The predicted octanol–water partition coefficient (Wildman–Crippen LogP) is 2.11. The second-order valence-corrected chi connectivity index (χ2v) is 10.2. The Labute approximate surface area is 165 Å². The van der Waals surface area contributed by atoms with Crippen molar-refractivity contribution in [2.75, 3.05) is 0 Å². The van der Waals surface area contributed by atoms with Crippen molar-refractivity contribution in [3.8, 4) is 0 Å². The smallest absolute Gasteiger partial charge is 0.408 e. The molecule has 2 amide bonds. The van der Waals surface area contributed by atoms with Gasteiger partial charge >= 0.3 is 6.09 Å². The van der Waals surface area contributed by atoms with Crippen LogP contribution in [0, 0.1) is 0 Å². The van der Waals surface area contributed by atoms with Crippen molar-refractivity contribution in [1.82, 2.24) is 10.0 Å². The minimum Gasteiger partial charge on any atom is -0.444 e. The van der Waals surface area contributed by atoms with E-state index in [9.17, 15) is 22.8 Å². The Balaban J connectivity index is 1.96. The first-order valence-corrected chi connectivity index (χ1v) is 10.8. The van der Waals surface area contributed by atoms with Crippen LogP contribution < -0.4 is 10.0 Å². The molecule has 0 radical (unpaired) electrons. The molecule has 1 atom stereocenters. The van der Waals surface area contributed by atoms with Gasteiger partial charge in [0.25, 0.3) is 0 Å². The summed E-state index contributed by atoms with van der Waals surface area (Å²) in [6.07, 6.45) is 5.38. The highest BCUT2D eigenvalue weighted by atomic mass is 32.2. The summed E-state index contributed by atoms with van der Waals surface area (Å²) in [6.45, 7) is 6.97. The van der Waals surface area contributed by atoms with Crippen LogP contribution in [-0.4, -0.2) is 42.6 Å². The third kappa shape index (κ3) is 5.67. The molecule has 8 nitrogen and oxygen atoms in total. The van der Waals surface area contributed by atoms with Gasteiger partial charge in [0.2, 0.25) is 15.9 Å². The van der Waals surface area contributed by atoms with Crippen molar-refractivity contribution in [3.63, 3.8) is 0 Å². The molecule has 28 heavy (non-hydrogen) atoms. The predicted molar refractivity (Wildman–Crippen MR) is 104 cm³/mol. The summed E-state index contributed by atoms with van der Waals surface area (Å²) in [5.41, 5.74) is -0.939. The molecule has 0 bridgehead atoms. The molecule has 0 heterocycles. The van der Waals surface area contributed by atoms with E-state index in [-0.39, 0.29) is 6.42 Å². The van der Waals surface area contributed by atoms with Gasteiger partial charge in [-0.15, -0.1) is 0 Å². The monoisotopic (exact) mass is 412 g/mol. The van der Waals surface area contributed by atoms with Gasteiger partial charge in [0.05, 0.1) is 6.42 Å². The highest BCUT2D eigenvalue weighted by molar-refractivity contribution is 7.90. The second-order valence-electron chi connectivity index (χ2n) is 8.31. The van der Waals surface area contributed by atoms with E-state index in [1.807, 2.05) is 11.6 Å². The van der Waals surface area contributed by atoms with Crippen LogP contribution in [-0.2, 0) is 24.3 Å². The number of sulfonamides is 1. The number of ether oxygens (including phenoxy) is 1. The number of hydrogen-bond acceptors (Lipinski definition) is 6. The molecule has 0 spiro atoms. The Morgan fingerprint density at radius 1 is 1.25 bits per heavy atom. The molecule has 0 aliphatic heterocycles. The van der Waals surface area contributed by atoms with Crippen LogP contribution in [0.15, 0.2) is 23.8 Å². The number of ketones is 1. The molecule has 2 aliphatic carbocycles. The number of nitrogens with one attached hydrogen (secondary N) is 2. The summed E-state index contributed by atoms with van der Waals surface area (Å²) < 4.78 is 31.8. The summed E-state index contributed by atoms with van der Waals surface area (Å²) in [7, 11) is -3.93. The number of Topliss-reactive ketones (excluding diaryl/α,β-unsaturated/α-hetero) is 1. The highest BCUT2D eigenvalue weighted by Crippen LogP contribution is 2.34. The second kappa shape index (κ2) is 8.06. The number of carbonyl (C=O) groups excluding carboxylic acids is 3. The highest BCUT2D eigenvalue weighted by Gasteiger charge is 2.46. The van der Waals surface area contributed by atoms with Crippen molar-refractivity contribution in [2.24, 2.45) is 0 Å². The van der Waals surface area contributed by atoms with Crippen molar-refractivity contribution in [1.29, 1.82) is 0 Å². The summed E-state index contributed by atoms with van der Waals surface area (Å²) in [5.74, 6) is -1.42. The van der Waals surface area contributed by atoms with Crippen LogP contribution in [0.25, 0.3) is 0 Å². The Kier molecular flexibility index (Phi) is 6.37. The Bertz CT molecular complexity index is 816. The van der Waals surface area contributed by atoms with E-state index in [0.717, 1.165) is 12.0 Å². The molecule has 1 unspecified atom stereocenters. The molecule has 0 aromatic heterocycles. The van der Waals surface area contributed by atoms with E-state index in [2.05, 4.69) is 5.32 Å². The van der Waals surface area contributed by atoms with Gasteiger partial charge in [0.1, 0.15) is 16.4 Å².